The van der Waals surface area contributed by atoms with Crippen LogP contribution in [-0.2, 0) is 14.8 Å². The molecule has 2 aromatic carbocycles. The zero-order valence-corrected chi connectivity index (χ0v) is 16.2. The van der Waals surface area contributed by atoms with Crippen molar-refractivity contribution in [3.05, 3.63) is 59.4 Å². The Morgan fingerprint density at radius 1 is 1.11 bits per heavy atom. The van der Waals surface area contributed by atoms with Crippen molar-refractivity contribution < 1.29 is 17.6 Å². The number of rotatable bonds is 4. The lowest BCUT2D eigenvalue weighted by atomic mass is 9.98. The fourth-order valence-corrected chi connectivity index (χ4v) is 4.72. The van der Waals surface area contributed by atoms with Crippen molar-refractivity contribution in [2.24, 2.45) is 5.92 Å². The summed E-state index contributed by atoms with van der Waals surface area (Å²) < 4.78 is 40.0. The van der Waals surface area contributed by atoms with Gasteiger partial charge in [-0.05, 0) is 74.2 Å². The molecule has 144 valence electrons. The van der Waals surface area contributed by atoms with Gasteiger partial charge >= 0.3 is 0 Å². The third-order valence-electron chi connectivity index (χ3n) is 4.98. The maximum absolute atomic E-state index is 13.1. The maximum Gasteiger partial charge on any atom is 0.243 e. The van der Waals surface area contributed by atoms with Crippen LogP contribution in [0.5, 0.6) is 0 Å². The van der Waals surface area contributed by atoms with Gasteiger partial charge in [0.15, 0.2) is 0 Å². The Labute approximate surface area is 159 Å². The molecule has 0 saturated carbocycles. The van der Waals surface area contributed by atoms with Gasteiger partial charge < -0.3 is 5.32 Å². The standard InChI is InChI=1S/C20H23FN2O3S/c1-14-5-8-18(12-15(14)2)22-20(24)16-4-3-11-23(13-16)27(25,26)19-9-6-17(21)7-10-19/h5-10,12,16H,3-4,11,13H2,1-2H3,(H,22,24). The number of carbonyl (C=O) groups excluding carboxylic acids is 1. The van der Waals surface area contributed by atoms with Crippen LogP contribution in [0.4, 0.5) is 10.1 Å². The van der Waals surface area contributed by atoms with E-state index in [1.54, 1.807) is 0 Å². The number of hydrogen-bond acceptors (Lipinski definition) is 3. The summed E-state index contributed by atoms with van der Waals surface area (Å²) in [4.78, 5) is 12.7. The molecule has 0 spiro atoms. The normalized spacial score (nSPS) is 18.3. The van der Waals surface area contributed by atoms with E-state index in [0.29, 0.717) is 25.1 Å². The molecule has 1 amide bonds. The third kappa shape index (κ3) is 4.36. The molecule has 0 radical (unpaired) electrons. The van der Waals surface area contributed by atoms with Crippen molar-refractivity contribution >= 4 is 21.6 Å². The molecule has 1 unspecified atom stereocenters. The highest BCUT2D eigenvalue weighted by molar-refractivity contribution is 7.89. The highest BCUT2D eigenvalue weighted by Gasteiger charge is 2.33. The molecule has 27 heavy (non-hydrogen) atoms. The van der Waals surface area contributed by atoms with Gasteiger partial charge in [-0.2, -0.15) is 4.31 Å². The summed E-state index contributed by atoms with van der Waals surface area (Å²) in [6, 6.07) is 10.4. The van der Waals surface area contributed by atoms with Crippen LogP contribution >= 0.6 is 0 Å². The largest absolute Gasteiger partial charge is 0.326 e. The minimum Gasteiger partial charge on any atom is -0.326 e. The second-order valence-electron chi connectivity index (χ2n) is 6.94. The number of nitrogens with one attached hydrogen (secondary N) is 1. The van der Waals surface area contributed by atoms with Crippen LogP contribution in [0.25, 0.3) is 0 Å². The minimum absolute atomic E-state index is 0.0408. The van der Waals surface area contributed by atoms with Crippen LogP contribution in [-0.4, -0.2) is 31.7 Å². The smallest absolute Gasteiger partial charge is 0.243 e. The minimum atomic E-state index is -3.74. The summed E-state index contributed by atoms with van der Waals surface area (Å²) in [7, 11) is -3.74. The van der Waals surface area contributed by atoms with Crippen LogP contribution in [0.2, 0.25) is 0 Å². The topological polar surface area (TPSA) is 66.5 Å². The molecule has 2 aromatic rings. The lowest BCUT2D eigenvalue weighted by molar-refractivity contribution is -0.120. The molecule has 7 heteroatoms. The Bertz CT molecular complexity index is 942. The van der Waals surface area contributed by atoms with Gasteiger partial charge in [0.05, 0.1) is 10.8 Å². The van der Waals surface area contributed by atoms with Gasteiger partial charge in [0.2, 0.25) is 15.9 Å². The van der Waals surface area contributed by atoms with E-state index in [1.165, 1.54) is 16.4 Å². The molecule has 1 fully saturated rings. The van der Waals surface area contributed by atoms with E-state index in [9.17, 15) is 17.6 Å². The van der Waals surface area contributed by atoms with Gasteiger partial charge in [-0.25, -0.2) is 12.8 Å². The number of carbonyl (C=O) groups is 1. The molecule has 0 aromatic heterocycles. The average molecular weight is 390 g/mol. The fraction of sp³-hybridized carbons (Fsp3) is 0.350. The molecular weight excluding hydrogens is 367 g/mol. The van der Waals surface area contributed by atoms with Gasteiger partial charge in [0, 0.05) is 18.8 Å². The van der Waals surface area contributed by atoms with E-state index in [-0.39, 0.29) is 17.3 Å². The van der Waals surface area contributed by atoms with E-state index in [1.807, 2.05) is 32.0 Å². The number of benzene rings is 2. The number of anilines is 1. The Morgan fingerprint density at radius 3 is 2.48 bits per heavy atom. The van der Waals surface area contributed by atoms with Crippen LogP contribution in [0.15, 0.2) is 47.4 Å². The number of piperidine rings is 1. The maximum atomic E-state index is 13.1. The molecule has 1 saturated heterocycles. The Hall–Kier alpha value is -2.25. The van der Waals surface area contributed by atoms with Gasteiger partial charge in [0.1, 0.15) is 5.82 Å². The summed E-state index contributed by atoms with van der Waals surface area (Å²) in [5, 5.41) is 2.89. The van der Waals surface area contributed by atoms with E-state index in [0.717, 1.165) is 23.3 Å². The van der Waals surface area contributed by atoms with Crippen molar-refractivity contribution in [3.63, 3.8) is 0 Å². The summed E-state index contributed by atoms with van der Waals surface area (Å²) in [5.41, 5.74) is 2.93. The predicted octanol–water partition coefficient (Wildman–Crippen LogP) is 3.48. The van der Waals surface area contributed by atoms with Crippen LogP contribution in [0.1, 0.15) is 24.0 Å². The average Bonchev–Trinajstić information content (AvgIpc) is 2.65. The van der Waals surface area contributed by atoms with Crippen molar-refractivity contribution in [1.82, 2.24) is 4.31 Å². The molecule has 1 aliphatic rings. The highest BCUT2D eigenvalue weighted by Crippen LogP contribution is 2.25. The molecule has 1 N–H and O–H groups in total. The molecule has 1 aliphatic heterocycles. The highest BCUT2D eigenvalue weighted by atomic mass is 32.2. The SMILES string of the molecule is Cc1ccc(NC(=O)C2CCCN(S(=O)(=O)c3ccc(F)cc3)C2)cc1C. The van der Waals surface area contributed by atoms with Gasteiger partial charge in [-0.15, -0.1) is 0 Å². The van der Waals surface area contributed by atoms with Gasteiger partial charge in [-0.3, -0.25) is 4.79 Å². The Kier molecular flexibility index (Phi) is 5.62. The molecular formula is C20H23FN2O3S. The molecule has 1 heterocycles. The first-order valence-corrected chi connectivity index (χ1v) is 10.4. The summed E-state index contributed by atoms with van der Waals surface area (Å²) in [6.45, 7) is 4.45. The zero-order chi connectivity index (χ0) is 19.6. The molecule has 5 nitrogen and oxygen atoms in total. The first kappa shape index (κ1) is 19.5. The lowest BCUT2D eigenvalue weighted by Crippen LogP contribution is -2.43. The van der Waals surface area contributed by atoms with Crippen LogP contribution in [0.3, 0.4) is 0 Å². The number of nitrogens with zero attached hydrogens (tertiary/aromatic N) is 1. The van der Waals surface area contributed by atoms with Crippen molar-refractivity contribution in [3.8, 4) is 0 Å². The van der Waals surface area contributed by atoms with Crippen LogP contribution in [0, 0.1) is 25.6 Å². The summed E-state index contributed by atoms with van der Waals surface area (Å²) in [5.74, 6) is -1.09. The quantitative estimate of drug-likeness (QED) is 0.869. The van der Waals surface area contributed by atoms with E-state index >= 15 is 0 Å². The van der Waals surface area contributed by atoms with E-state index in [4.69, 9.17) is 0 Å². The van der Waals surface area contributed by atoms with Crippen molar-refractivity contribution in [2.75, 3.05) is 18.4 Å². The number of halogens is 1. The molecule has 0 aliphatic carbocycles. The molecule has 0 bridgehead atoms. The van der Waals surface area contributed by atoms with E-state index in [2.05, 4.69) is 5.32 Å². The van der Waals surface area contributed by atoms with Crippen molar-refractivity contribution in [2.45, 2.75) is 31.6 Å². The predicted molar refractivity (Wildman–Crippen MR) is 102 cm³/mol. The van der Waals surface area contributed by atoms with Crippen molar-refractivity contribution in [1.29, 1.82) is 0 Å². The Balaban J connectivity index is 1.72. The summed E-state index contributed by atoms with van der Waals surface area (Å²) in [6.07, 6.45) is 1.23. The lowest BCUT2D eigenvalue weighted by Gasteiger charge is -2.31. The number of hydrogen-bond donors (Lipinski definition) is 1. The Morgan fingerprint density at radius 2 is 1.81 bits per heavy atom. The zero-order valence-electron chi connectivity index (χ0n) is 15.4. The third-order valence-corrected chi connectivity index (χ3v) is 6.86. The number of amides is 1. The summed E-state index contributed by atoms with van der Waals surface area (Å²) >= 11 is 0. The second-order valence-corrected chi connectivity index (χ2v) is 8.88. The molecule has 1 atom stereocenters. The van der Waals surface area contributed by atoms with Gasteiger partial charge in [0.25, 0.3) is 0 Å². The van der Waals surface area contributed by atoms with Crippen LogP contribution < -0.4 is 5.32 Å². The monoisotopic (exact) mass is 390 g/mol. The number of aryl methyl sites for hydroxylation is 2. The number of sulfonamides is 1. The first-order valence-electron chi connectivity index (χ1n) is 8.91. The second kappa shape index (κ2) is 7.78. The molecule has 3 rings (SSSR count). The van der Waals surface area contributed by atoms with Gasteiger partial charge in [-0.1, -0.05) is 6.07 Å². The van der Waals surface area contributed by atoms with E-state index < -0.39 is 21.8 Å². The first-order chi connectivity index (χ1) is 12.8. The fourth-order valence-electron chi connectivity index (χ4n) is 3.19.